The number of hydrogen-bond donors (Lipinski definition) is 0. The van der Waals surface area contributed by atoms with E-state index in [2.05, 4.69) is 123 Å². The molecule has 0 aliphatic heterocycles. The maximum absolute atomic E-state index is 12.7. The summed E-state index contributed by atoms with van der Waals surface area (Å²) >= 11 is 0. The summed E-state index contributed by atoms with van der Waals surface area (Å²) in [6.07, 6.45) is 61.2. The zero-order valence-corrected chi connectivity index (χ0v) is 40.2. The lowest BCUT2D eigenvalue weighted by atomic mass is 10.1. The Hall–Kier alpha value is -2.84. The molecule has 0 spiro atoms. The third-order valence-corrected chi connectivity index (χ3v) is 10.3. The first-order valence-electron chi connectivity index (χ1n) is 23.6. The van der Waals surface area contributed by atoms with Gasteiger partial charge in [0, 0.05) is 13.0 Å². The molecule has 0 aliphatic carbocycles. The third kappa shape index (κ3) is 48.1. The van der Waals surface area contributed by atoms with Crippen LogP contribution < -0.4 is 4.89 Å². The van der Waals surface area contributed by atoms with Crippen LogP contribution in [0.25, 0.3) is 0 Å². The van der Waals surface area contributed by atoms with Gasteiger partial charge in [-0.2, -0.15) is 0 Å². The van der Waals surface area contributed by atoms with Gasteiger partial charge in [-0.15, -0.1) is 0 Å². The minimum Gasteiger partial charge on any atom is -0.756 e. The average molecular weight is 870 g/mol. The quantitative estimate of drug-likeness (QED) is 0.0198. The Morgan fingerprint density at radius 3 is 1.34 bits per heavy atom. The van der Waals surface area contributed by atoms with Crippen molar-refractivity contribution in [1.82, 2.24) is 0 Å². The second-order valence-electron chi connectivity index (χ2n) is 16.3. The van der Waals surface area contributed by atoms with Crippen molar-refractivity contribution in [3.05, 3.63) is 109 Å². The maximum Gasteiger partial charge on any atom is 0.306 e. The molecular formula is C52H88NO7P. The summed E-state index contributed by atoms with van der Waals surface area (Å²) in [4.78, 5) is 25.1. The Labute approximate surface area is 374 Å². The zero-order valence-electron chi connectivity index (χ0n) is 39.3. The van der Waals surface area contributed by atoms with Gasteiger partial charge in [0.15, 0.2) is 0 Å². The number of nitrogens with zero attached hydrogens (tertiary/aromatic N) is 1. The van der Waals surface area contributed by atoms with Gasteiger partial charge in [0.1, 0.15) is 19.3 Å². The van der Waals surface area contributed by atoms with Gasteiger partial charge in [0.2, 0.25) is 0 Å². The lowest BCUT2D eigenvalue weighted by molar-refractivity contribution is -0.870. The summed E-state index contributed by atoms with van der Waals surface area (Å²) < 4.78 is 34.6. The number of unbranched alkanes of at least 4 members (excludes halogenated alkanes) is 10. The average Bonchev–Trinajstić information content (AvgIpc) is 3.22. The number of phosphoric acid groups is 1. The van der Waals surface area contributed by atoms with Gasteiger partial charge in [-0.1, -0.05) is 162 Å². The molecule has 0 radical (unpaired) electrons. The molecule has 0 N–H and O–H groups in total. The topological polar surface area (TPSA) is 94.1 Å². The fraction of sp³-hybridized carbons (Fsp3) is 0.635. The number of allylic oxidation sites excluding steroid dienone is 18. The lowest BCUT2D eigenvalue weighted by Crippen LogP contribution is -2.37. The van der Waals surface area contributed by atoms with Crippen LogP contribution in [0.4, 0.5) is 0 Å². The van der Waals surface area contributed by atoms with Gasteiger partial charge in [-0.3, -0.25) is 9.36 Å². The molecule has 8 nitrogen and oxygen atoms in total. The van der Waals surface area contributed by atoms with E-state index in [9.17, 15) is 14.3 Å². The van der Waals surface area contributed by atoms with Gasteiger partial charge in [-0.05, 0) is 96.3 Å². The van der Waals surface area contributed by atoms with Crippen LogP contribution in [0.15, 0.2) is 109 Å². The molecule has 2 unspecified atom stereocenters. The molecule has 0 saturated heterocycles. The van der Waals surface area contributed by atoms with Crippen molar-refractivity contribution in [3.8, 4) is 0 Å². The first-order valence-corrected chi connectivity index (χ1v) is 25.1. The SMILES string of the molecule is CC/C=C\C/C=C\C/C=C\C/C=C\C/C=C\C/C=C\CCCCCCCCCOCC(COP(=O)([O-])OCC[N+](C)(C)C)OC(=O)CCCCC/C=C\C/C=C\C/C=C\CC. The van der Waals surface area contributed by atoms with E-state index in [1.165, 1.54) is 25.7 Å². The smallest absolute Gasteiger partial charge is 0.306 e. The normalized spacial score (nSPS) is 14.7. The van der Waals surface area contributed by atoms with Crippen molar-refractivity contribution in [2.24, 2.45) is 0 Å². The molecule has 0 rings (SSSR count). The summed E-state index contributed by atoms with van der Waals surface area (Å²) in [5, 5.41) is 0. The van der Waals surface area contributed by atoms with Gasteiger partial charge in [0.25, 0.3) is 7.82 Å². The molecule has 0 fully saturated rings. The van der Waals surface area contributed by atoms with E-state index in [1.807, 2.05) is 21.1 Å². The first-order chi connectivity index (χ1) is 29.6. The van der Waals surface area contributed by atoms with E-state index in [-0.39, 0.29) is 32.2 Å². The van der Waals surface area contributed by atoms with Crippen LogP contribution in [0.2, 0.25) is 0 Å². The molecule has 0 aromatic rings. The maximum atomic E-state index is 12.7. The molecule has 0 aromatic heterocycles. The van der Waals surface area contributed by atoms with Gasteiger partial charge in [0.05, 0.1) is 34.4 Å². The number of ether oxygens (including phenoxy) is 2. The summed E-state index contributed by atoms with van der Waals surface area (Å²) in [6.45, 7) is 5.08. The number of esters is 1. The minimum absolute atomic E-state index is 0.0112. The van der Waals surface area contributed by atoms with Gasteiger partial charge in [-0.25, -0.2) is 0 Å². The molecule has 61 heavy (non-hydrogen) atoms. The highest BCUT2D eigenvalue weighted by Gasteiger charge is 2.20. The highest BCUT2D eigenvalue weighted by Crippen LogP contribution is 2.38. The monoisotopic (exact) mass is 870 g/mol. The van der Waals surface area contributed by atoms with Crippen LogP contribution >= 0.6 is 7.82 Å². The molecule has 0 amide bonds. The molecule has 0 saturated carbocycles. The summed E-state index contributed by atoms with van der Waals surface area (Å²) in [5.74, 6) is -0.373. The largest absolute Gasteiger partial charge is 0.756 e. The van der Waals surface area contributed by atoms with Crippen LogP contribution in [0.1, 0.15) is 155 Å². The van der Waals surface area contributed by atoms with E-state index in [4.69, 9.17) is 18.5 Å². The number of hydrogen-bond acceptors (Lipinski definition) is 7. The van der Waals surface area contributed by atoms with Crippen LogP contribution in [0.5, 0.6) is 0 Å². The highest BCUT2D eigenvalue weighted by atomic mass is 31.2. The fourth-order valence-electron chi connectivity index (χ4n) is 5.74. The molecular weight excluding hydrogens is 782 g/mol. The Morgan fingerprint density at radius 2 is 0.902 bits per heavy atom. The van der Waals surface area contributed by atoms with Crippen molar-refractivity contribution >= 4 is 13.8 Å². The van der Waals surface area contributed by atoms with E-state index in [0.717, 1.165) is 103 Å². The Balaban J connectivity index is 4.22. The van der Waals surface area contributed by atoms with Gasteiger partial charge >= 0.3 is 5.97 Å². The molecule has 2 atom stereocenters. The number of likely N-dealkylation sites (N-methyl/N-ethyl adjacent to an activating group) is 1. The van der Waals surface area contributed by atoms with E-state index >= 15 is 0 Å². The Morgan fingerprint density at radius 1 is 0.508 bits per heavy atom. The van der Waals surface area contributed by atoms with Crippen LogP contribution in [0.3, 0.4) is 0 Å². The summed E-state index contributed by atoms with van der Waals surface area (Å²) in [7, 11) is 1.31. The Kier molecular flexibility index (Phi) is 41.8. The number of quaternary nitrogens is 1. The Bertz CT molecular complexity index is 1340. The lowest BCUT2D eigenvalue weighted by Gasteiger charge is -2.28. The van der Waals surface area contributed by atoms with Gasteiger partial charge < -0.3 is 27.9 Å². The molecule has 0 heterocycles. The number of phosphoric ester groups is 1. The van der Waals surface area contributed by atoms with Crippen molar-refractivity contribution in [3.63, 3.8) is 0 Å². The van der Waals surface area contributed by atoms with Crippen LogP contribution in [0, 0.1) is 0 Å². The molecule has 0 bridgehead atoms. The fourth-order valence-corrected chi connectivity index (χ4v) is 6.47. The molecule has 348 valence electrons. The summed E-state index contributed by atoms with van der Waals surface area (Å²) in [5.41, 5.74) is 0. The van der Waals surface area contributed by atoms with Crippen molar-refractivity contribution < 1.29 is 37.3 Å². The van der Waals surface area contributed by atoms with E-state index in [1.54, 1.807) is 0 Å². The van der Waals surface area contributed by atoms with Crippen LogP contribution in [-0.4, -0.2) is 70.7 Å². The zero-order chi connectivity index (χ0) is 44.8. The number of carbonyl (C=O) groups excluding carboxylic acids is 1. The van der Waals surface area contributed by atoms with E-state index in [0.29, 0.717) is 24.1 Å². The standard InChI is InChI=1S/C52H88NO7P/c1-6-8-10-12-14-16-18-20-21-22-23-24-25-26-27-28-29-30-31-32-34-36-38-40-42-44-47-57-49-51(50-59-61(55,56)58-48-46-53(3,4)5)60-52(54)45-43-41-39-37-35-33-19-17-15-13-11-9-7-2/h8-11,14-17,20-21,23-24,26-27,29-30,33,35,51H,6-7,12-13,18-19,22,25,28,31-32,34,36-50H2,1-5H3/b10-8-,11-9-,16-14-,17-15-,21-20-,24-23-,27-26-,30-29-,35-33-. The molecule has 0 aromatic carbocycles. The molecule has 0 aliphatic rings. The predicted octanol–water partition coefficient (Wildman–Crippen LogP) is 13.8. The van der Waals surface area contributed by atoms with Crippen molar-refractivity contribution in [2.75, 3.05) is 54.1 Å². The van der Waals surface area contributed by atoms with Crippen LogP contribution in [-0.2, 0) is 27.9 Å². The van der Waals surface area contributed by atoms with Crippen molar-refractivity contribution in [2.45, 2.75) is 161 Å². The third-order valence-electron chi connectivity index (χ3n) is 9.32. The van der Waals surface area contributed by atoms with E-state index < -0.39 is 13.9 Å². The second kappa shape index (κ2) is 43.8. The summed E-state index contributed by atoms with van der Waals surface area (Å²) in [6, 6.07) is 0. The second-order valence-corrected chi connectivity index (χ2v) is 17.8. The van der Waals surface area contributed by atoms with Crippen molar-refractivity contribution in [1.29, 1.82) is 0 Å². The molecule has 9 heteroatoms. The number of carbonyl (C=O) groups is 1. The predicted molar refractivity (Wildman–Crippen MR) is 258 cm³/mol. The highest BCUT2D eigenvalue weighted by molar-refractivity contribution is 7.45. The number of rotatable bonds is 42. The minimum atomic E-state index is -4.55. The first kappa shape index (κ1) is 58.2.